The highest BCUT2D eigenvalue weighted by molar-refractivity contribution is 8.00. The van der Waals surface area contributed by atoms with Crippen molar-refractivity contribution in [1.82, 2.24) is 15.2 Å². The third-order valence-corrected chi connectivity index (χ3v) is 6.91. The number of thioether (sulfide) groups is 2. The van der Waals surface area contributed by atoms with Crippen LogP contribution in [0, 0.1) is 0 Å². The smallest absolute Gasteiger partial charge is 0.355 e. The molecule has 1 fully saturated rings. The Balaban J connectivity index is 1.77. The van der Waals surface area contributed by atoms with Gasteiger partial charge in [0.25, 0.3) is 11.8 Å². The largest absolute Gasteiger partial charge is 0.457 e. The summed E-state index contributed by atoms with van der Waals surface area (Å²) in [6.45, 7) is 3.55. The van der Waals surface area contributed by atoms with E-state index in [9.17, 15) is 19.6 Å². The first-order chi connectivity index (χ1) is 14.4. The molecule has 0 radical (unpaired) electrons. The van der Waals surface area contributed by atoms with Gasteiger partial charge >= 0.3 is 5.97 Å². The Hall–Kier alpha value is -2.51. The zero-order valence-electron chi connectivity index (χ0n) is 15.9. The van der Waals surface area contributed by atoms with Crippen LogP contribution in [0.1, 0.15) is 5.69 Å². The summed E-state index contributed by atoms with van der Waals surface area (Å²) in [5.74, 6) is -0.719. The van der Waals surface area contributed by atoms with Gasteiger partial charge in [-0.3, -0.25) is 14.5 Å². The molecule has 3 rings (SSSR count). The van der Waals surface area contributed by atoms with Gasteiger partial charge in [0.05, 0.1) is 0 Å². The Morgan fingerprint density at radius 3 is 2.97 bits per heavy atom. The van der Waals surface area contributed by atoms with Crippen LogP contribution in [0.25, 0.3) is 0 Å². The lowest BCUT2D eigenvalue weighted by molar-refractivity contribution is -0.152. The molecule has 1 aromatic rings. The average Bonchev–Trinajstić information content (AvgIpc) is 3.16. The van der Waals surface area contributed by atoms with Gasteiger partial charge in [-0.25, -0.2) is 9.78 Å². The predicted molar refractivity (Wildman–Crippen MR) is 116 cm³/mol. The van der Waals surface area contributed by atoms with E-state index in [0.717, 1.165) is 16.9 Å². The Bertz CT molecular complexity index is 944. The second kappa shape index (κ2) is 9.53. The van der Waals surface area contributed by atoms with Gasteiger partial charge in [0.1, 0.15) is 29.4 Å². The fourth-order valence-electron chi connectivity index (χ4n) is 2.98. The normalized spacial score (nSPS) is 21.0. The molecule has 1 saturated heterocycles. The summed E-state index contributed by atoms with van der Waals surface area (Å²) in [7, 11) is 0. The number of esters is 1. The number of ether oxygens (including phenoxy) is 1. The van der Waals surface area contributed by atoms with E-state index >= 15 is 0 Å². The fraction of sp³-hybridized carbons (Fsp3) is 0.353. The molecule has 2 atom stereocenters. The van der Waals surface area contributed by atoms with Gasteiger partial charge < -0.3 is 21.0 Å². The van der Waals surface area contributed by atoms with E-state index < -0.39 is 29.2 Å². The minimum absolute atomic E-state index is 0.0297. The lowest BCUT2D eigenvalue weighted by Crippen LogP contribution is -2.71. The van der Waals surface area contributed by atoms with Gasteiger partial charge in [0, 0.05) is 16.9 Å². The maximum absolute atomic E-state index is 12.8. The molecule has 0 aliphatic carbocycles. The Morgan fingerprint density at radius 1 is 1.60 bits per heavy atom. The first kappa shape index (κ1) is 22.2. The van der Waals surface area contributed by atoms with Crippen molar-refractivity contribution < 1.29 is 24.3 Å². The van der Waals surface area contributed by atoms with E-state index in [0.29, 0.717) is 11.5 Å². The molecule has 1 unspecified atom stereocenters. The number of nitrogen functional groups attached to an aromatic ring is 1. The number of amides is 2. The van der Waals surface area contributed by atoms with Gasteiger partial charge in [-0.15, -0.1) is 23.1 Å². The number of carbonyl (C=O) groups is 3. The number of β-lactam (4-membered cyclic amide) rings is 1. The van der Waals surface area contributed by atoms with Crippen molar-refractivity contribution in [2.75, 3.05) is 30.1 Å². The van der Waals surface area contributed by atoms with E-state index in [1.54, 1.807) is 0 Å². The van der Waals surface area contributed by atoms with E-state index in [1.165, 1.54) is 39.9 Å². The summed E-state index contributed by atoms with van der Waals surface area (Å²) in [4.78, 5) is 43.2. The molecule has 0 saturated carbocycles. The molecule has 2 aliphatic rings. The third kappa shape index (κ3) is 4.18. The number of oxime groups is 1. The third-order valence-electron chi connectivity index (χ3n) is 4.26. The van der Waals surface area contributed by atoms with Gasteiger partial charge in [-0.2, -0.15) is 11.8 Å². The molecule has 0 aromatic carbocycles. The Labute approximate surface area is 184 Å². The van der Waals surface area contributed by atoms with E-state index in [4.69, 9.17) is 10.5 Å². The van der Waals surface area contributed by atoms with Crippen LogP contribution in [0.5, 0.6) is 0 Å². The lowest BCUT2D eigenvalue weighted by Gasteiger charge is -2.49. The van der Waals surface area contributed by atoms with Crippen molar-refractivity contribution in [2.45, 2.75) is 11.4 Å². The molecule has 30 heavy (non-hydrogen) atoms. The van der Waals surface area contributed by atoms with Crippen molar-refractivity contribution in [3.05, 3.63) is 35.0 Å². The van der Waals surface area contributed by atoms with Crippen LogP contribution >= 0.6 is 34.9 Å². The van der Waals surface area contributed by atoms with E-state index in [-0.39, 0.29) is 28.8 Å². The zero-order chi connectivity index (χ0) is 21.8. The van der Waals surface area contributed by atoms with Crippen molar-refractivity contribution in [3.63, 3.8) is 0 Å². The van der Waals surface area contributed by atoms with Crippen LogP contribution in [0.4, 0.5) is 5.13 Å². The lowest BCUT2D eigenvalue weighted by atomic mass is 10.0. The molecule has 1 aromatic heterocycles. The Kier molecular flexibility index (Phi) is 7.05. The molecule has 0 bridgehead atoms. The molecular formula is C17H19N5O5S3. The number of nitrogens with one attached hydrogen (secondary N) is 1. The average molecular weight is 470 g/mol. The van der Waals surface area contributed by atoms with Crippen LogP contribution in [0.2, 0.25) is 0 Å². The SMILES string of the molecule is C=CCOC(=O)C1=C(CSC)CS[C@@H]2C(NC(=O)C(=NO)c3csc(N)n3)C(=O)N12. The summed E-state index contributed by atoms with van der Waals surface area (Å²) in [6, 6.07) is -0.881. The number of hydrogen-bond donors (Lipinski definition) is 3. The van der Waals surface area contributed by atoms with Crippen molar-refractivity contribution in [1.29, 1.82) is 0 Å². The first-order valence-corrected chi connectivity index (χ1v) is 11.9. The number of nitrogens with zero attached hydrogens (tertiary/aromatic N) is 3. The summed E-state index contributed by atoms with van der Waals surface area (Å²) >= 11 is 4.05. The molecule has 160 valence electrons. The predicted octanol–water partition coefficient (Wildman–Crippen LogP) is 0.650. The van der Waals surface area contributed by atoms with Crippen LogP contribution < -0.4 is 11.1 Å². The quantitative estimate of drug-likeness (QED) is 0.125. The highest BCUT2D eigenvalue weighted by Gasteiger charge is 2.54. The zero-order valence-corrected chi connectivity index (χ0v) is 18.3. The monoisotopic (exact) mass is 469 g/mol. The summed E-state index contributed by atoms with van der Waals surface area (Å²) in [6.07, 6.45) is 3.35. The highest BCUT2D eigenvalue weighted by atomic mass is 32.2. The molecule has 13 heteroatoms. The summed E-state index contributed by atoms with van der Waals surface area (Å²) in [5, 5.41) is 16.0. The minimum atomic E-state index is -0.881. The number of thiazole rings is 1. The number of carbonyl (C=O) groups excluding carboxylic acids is 3. The number of aromatic nitrogens is 1. The van der Waals surface area contributed by atoms with Gasteiger partial charge in [0.2, 0.25) is 0 Å². The van der Waals surface area contributed by atoms with Crippen molar-refractivity contribution in [3.8, 4) is 0 Å². The highest BCUT2D eigenvalue weighted by Crippen LogP contribution is 2.41. The maximum atomic E-state index is 12.8. The number of anilines is 1. The molecule has 10 nitrogen and oxygen atoms in total. The van der Waals surface area contributed by atoms with E-state index in [2.05, 4.69) is 22.0 Å². The van der Waals surface area contributed by atoms with Crippen LogP contribution in [0.15, 0.2) is 34.5 Å². The molecule has 3 heterocycles. The van der Waals surface area contributed by atoms with Crippen LogP contribution in [-0.2, 0) is 19.1 Å². The first-order valence-electron chi connectivity index (χ1n) is 8.60. The number of hydrogen-bond acceptors (Lipinski definition) is 11. The summed E-state index contributed by atoms with van der Waals surface area (Å²) in [5.41, 5.74) is 6.32. The second-order valence-corrected chi connectivity index (χ2v) is 9.01. The summed E-state index contributed by atoms with van der Waals surface area (Å²) < 4.78 is 5.15. The van der Waals surface area contributed by atoms with Crippen molar-refractivity contribution >= 4 is 63.5 Å². The molecule has 0 spiro atoms. The van der Waals surface area contributed by atoms with E-state index in [1.807, 2.05) is 6.26 Å². The minimum Gasteiger partial charge on any atom is -0.457 e. The molecule has 2 aliphatic heterocycles. The number of rotatable bonds is 8. The second-order valence-electron chi connectivity index (χ2n) is 6.15. The Morgan fingerprint density at radius 2 is 2.37 bits per heavy atom. The van der Waals surface area contributed by atoms with Gasteiger partial charge in [0.15, 0.2) is 10.8 Å². The van der Waals surface area contributed by atoms with Gasteiger partial charge in [-0.1, -0.05) is 17.8 Å². The number of nitrogens with two attached hydrogens (primary N) is 1. The fourth-order valence-corrected chi connectivity index (χ4v) is 5.59. The molecule has 4 N–H and O–H groups in total. The van der Waals surface area contributed by atoms with Crippen molar-refractivity contribution in [2.24, 2.45) is 5.16 Å². The number of fused-ring (bicyclic) bond motifs is 1. The van der Waals surface area contributed by atoms with Crippen LogP contribution in [-0.4, -0.2) is 74.4 Å². The van der Waals surface area contributed by atoms with Gasteiger partial charge in [-0.05, 0) is 11.8 Å². The molecule has 2 amide bonds. The topological polar surface area (TPSA) is 147 Å². The van der Waals surface area contributed by atoms with Crippen LogP contribution in [0.3, 0.4) is 0 Å². The molecular weight excluding hydrogens is 450 g/mol. The maximum Gasteiger partial charge on any atom is 0.355 e. The standard InChI is InChI=1S/C17H19N5O5S3/c1-3-4-27-16(25)12-8(5-28-2)6-29-15-11(14(24)22(12)15)20-13(23)10(21-26)9-7-30-17(18)19-9/h3,7,11,15,26H,1,4-6H2,2H3,(H2,18,19)(H,20,23)/t11?,15-/m1/s1.